The number of anilines is 3. The molecule has 0 radical (unpaired) electrons. The van der Waals surface area contributed by atoms with E-state index >= 15 is 0 Å². The Morgan fingerprint density at radius 2 is 2.00 bits per heavy atom. The third-order valence-electron chi connectivity index (χ3n) is 3.06. The van der Waals surface area contributed by atoms with Gasteiger partial charge in [0.1, 0.15) is 11.5 Å². The molecule has 0 spiro atoms. The van der Waals surface area contributed by atoms with Crippen molar-refractivity contribution in [1.29, 1.82) is 0 Å². The number of benzene rings is 1. The first kappa shape index (κ1) is 14.8. The van der Waals surface area contributed by atoms with Crippen LogP contribution in [-0.4, -0.2) is 27.4 Å². The summed E-state index contributed by atoms with van der Waals surface area (Å²) < 4.78 is 10.1. The lowest BCUT2D eigenvalue weighted by atomic mass is 10.2. The Morgan fingerprint density at radius 1 is 1.17 bits per heavy atom. The third kappa shape index (κ3) is 3.94. The highest BCUT2D eigenvalue weighted by Crippen LogP contribution is 2.15. The van der Waals surface area contributed by atoms with E-state index in [0.29, 0.717) is 29.9 Å². The fourth-order valence-electron chi connectivity index (χ4n) is 1.92. The summed E-state index contributed by atoms with van der Waals surface area (Å²) in [7, 11) is 1.64. The number of aromatic nitrogens is 4. The first-order chi connectivity index (χ1) is 11.2. The van der Waals surface area contributed by atoms with E-state index < -0.39 is 0 Å². The quantitative estimate of drug-likeness (QED) is 0.716. The van der Waals surface area contributed by atoms with Crippen molar-refractivity contribution in [2.75, 3.05) is 17.7 Å². The fraction of sp³-hybridized carbons (Fsp3) is 0.200. The van der Waals surface area contributed by atoms with Gasteiger partial charge in [0, 0.05) is 12.6 Å². The van der Waals surface area contributed by atoms with Crippen LogP contribution in [0.25, 0.3) is 0 Å². The maximum atomic E-state index is 5.13. The Labute approximate surface area is 132 Å². The van der Waals surface area contributed by atoms with Crippen LogP contribution in [0.15, 0.2) is 41.1 Å². The van der Waals surface area contributed by atoms with Crippen LogP contribution < -0.4 is 15.4 Å². The van der Waals surface area contributed by atoms with Crippen LogP contribution in [0, 0.1) is 6.92 Å². The molecule has 8 nitrogen and oxygen atoms in total. The summed E-state index contributed by atoms with van der Waals surface area (Å²) in [4.78, 5) is 4.32. The number of hydrogen-bond acceptors (Lipinski definition) is 8. The van der Waals surface area contributed by atoms with Crippen molar-refractivity contribution in [2.24, 2.45) is 0 Å². The zero-order valence-electron chi connectivity index (χ0n) is 12.8. The minimum atomic E-state index is 0.345. The van der Waals surface area contributed by atoms with Gasteiger partial charge >= 0.3 is 0 Å². The monoisotopic (exact) mass is 312 g/mol. The van der Waals surface area contributed by atoms with E-state index in [1.807, 2.05) is 31.2 Å². The van der Waals surface area contributed by atoms with Crippen molar-refractivity contribution in [3.8, 4) is 5.75 Å². The van der Waals surface area contributed by atoms with Gasteiger partial charge in [0.25, 0.3) is 0 Å². The molecular formula is C15H16N6O2. The molecule has 0 saturated carbocycles. The molecule has 0 atom stereocenters. The van der Waals surface area contributed by atoms with Crippen molar-refractivity contribution >= 4 is 17.6 Å². The highest BCUT2D eigenvalue weighted by atomic mass is 16.5. The molecule has 2 aromatic heterocycles. The fourth-order valence-corrected chi connectivity index (χ4v) is 1.92. The number of hydrogen-bond donors (Lipinski definition) is 2. The Kier molecular flexibility index (Phi) is 4.32. The van der Waals surface area contributed by atoms with Gasteiger partial charge in [-0.3, -0.25) is 0 Å². The summed E-state index contributed by atoms with van der Waals surface area (Å²) >= 11 is 0. The molecule has 0 bridgehead atoms. The van der Waals surface area contributed by atoms with E-state index in [1.54, 1.807) is 19.4 Å². The normalized spacial score (nSPS) is 10.3. The summed E-state index contributed by atoms with van der Waals surface area (Å²) in [6.45, 7) is 2.43. The van der Waals surface area contributed by atoms with Gasteiger partial charge in [-0.05, 0) is 24.6 Å². The van der Waals surface area contributed by atoms with E-state index in [0.717, 1.165) is 11.3 Å². The first-order valence-electron chi connectivity index (χ1n) is 7.00. The molecule has 0 unspecified atom stereocenters. The maximum Gasteiger partial charge on any atom is 0.250 e. The predicted molar refractivity (Wildman–Crippen MR) is 84.7 cm³/mol. The van der Waals surface area contributed by atoms with Crippen LogP contribution in [-0.2, 0) is 6.54 Å². The van der Waals surface area contributed by atoms with E-state index in [4.69, 9.17) is 9.26 Å². The molecule has 2 heterocycles. The average Bonchev–Trinajstić information content (AvgIpc) is 2.99. The van der Waals surface area contributed by atoms with E-state index in [2.05, 4.69) is 31.0 Å². The summed E-state index contributed by atoms with van der Waals surface area (Å²) in [6.07, 6.45) is 1.56. The SMILES string of the molecule is COc1ccc(CNc2cnnc(Nc3cc(C)on3)n2)cc1. The second-order valence-corrected chi connectivity index (χ2v) is 4.81. The summed E-state index contributed by atoms with van der Waals surface area (Å²) in [5.74, 6) is 3.02. The zero-order chi connectivity index (χ0) is 16.1. The zero-order valence-corrected chi connectivity index (χ0v) is 12.8. The molecule has 0 aliphatic rings. The Hall–Kier alpha value is -3.16. The summed E-state index contributed by atoms with van der Waals surface area (Å²) in [5.41, 5.74) is 1.10. The Morgan fingerprint density at radius 3 is 2.70 bits per heavy atom. The van der Waals surface area contributed by atoms with Gasteiger partial charge in [0.05, 0.1) is 13.3 Å². The average molecular weight is 312 g/mol. The van der Waals surface area contributed by atoms with Crippen LogP contribution in [0.1, 0.15) is 11.3 Å². The van der Waals surface area contributed by atoms with Crippen molar-refractivity contribution in [2.45, 2.75) is 13.5 Å². The van der Waals surface area contributed by atoms with E-state index in [-0.39, 0.29) is 0 Å². The molecule has 3 rings (SSSR count). The Balaban J connectivity index is 1.62. The van der Waals surface area contributed by atoms with Gasteiger partial charge in [0.15, 0.2) is 11.6 Å². The lowest BCUT2D eigenvalue weighted by Crippen LogP contribution is -2.05. The van der Waals surface area contributed by atoms with Gasteiger partial charge in [-0.25, -0.2) is 0 Å². The van der Waals surface area contributed by atoms with Gasteiger partial charge in [0.2, 0.25) is 5.95 Å². The van der Waals surface area contributed by atoms with Crippen molar-refractivity contribution < 1.29 is 9.26 Å². The van der Waals surface area contributed by atoms with Crippen LogP contribution in [0.4, 0.5) is 17.6 Å². The third-order valence-corrected chi connectivity index (χ3v) is 3.06. The van der Waals surface area contributed by atoms with E-state index in [1.165, 1.54) is 0 Å². The van der Waals surface area contributed by atoms with E-state index in [9.17, 15) is 0 Å². The standard InChI is InChI=1S/C15H16N6O2/c1-10-7-13(21-23-10)18-15-19-14(9-17-20-15)16-8-11-3-5-12(22-2)6-4-11/h3-7,9H,8H2,1-2H3,(H2,16,18,19,20,21). The van der Waals surface area contributed by atoms with Crippen molar-refractivity contribution in [3.05, 3.63) is 47.9 Å². The van der Waals surface area contributed by atoms with Crippen LogP contribution >= 0.6 is 0 Å². The molecular weight excluding hydrogens is 296 g/mol. The number of rotatable bonds is 6. The number of aryl methyl sites for hydroxylation is 1. The first-order valence-corrected chi connectivity index (χ1v) is 7.00. The second kappa shape index (κ2) is 6.73. The van der Waals surface area contributed by atoms with Gasteiger partial charge in [-0.1, -0.05) is 17.3 Å². The van der Waals surface area contributed by atoms with Gasteiger partial charge in [-0.15, -0.1) is 5.10 Å². The smallest absolute Gasteiger partial charge is 0.250 e. The maximum absolute atomic E-state index is 5.13. The minimum absolute atomic E-state index is 0.345. The number of nitrogens with one attached hydrogen (secondary N) is 2. The number of nitrogens with zero attached hydrogens (tertiary/aromatic N) is 4. The topological polar surface area (TPSA) is 98.0 Å². The molecule has 2 N–H and O–H groups in total. The lowest BCUT2D eigenvalue weighted by molar-refractivity contribution is 0.400. The molecule has 118 valence electrons. The van der Waals surface area contributed by atoms with Crippen LogP contribution in [0.3, 0.4) is 0 Å². The molecule has 23 heavy (non-hydrogen) atoms. The van der Waals surface area contributed by atoms with Crippen molar-refractivity contribution in [3.63, 3.8) is 0 Å². The molecule has 1 aromatic carbocycles. The molecule has 0 fully saturated rings. The second-order valence-electron chi connectivity index (χ2n) is 4.81. The molecule has 0 aliphatic carbocycles. The summed E-state index contributed by atoms with van der Waals surface area (Å²) in [5, 5.41) is 17.8. The van der Waals surface area contributed by atoms with Gasteiger partial charge < -0.3 is 19.9 Å². The highest BCUT2D eigenvalue weighted by molar-refractivity contribution is 5.49. The molecule has 3 aromatic rings. The highest BCUT2D eigenvalue weighted by Gasteiger charge is 2.05. The molecule has 0 aliphatic heterocycles. The minimum Gasteiger partial charge on any atom is -0.497 e. The number of ether oxygens (including phenoxy) is 1. The summed E-state index contributed by atoms with van der Waals surface area (Å²) in [6, 6.07) is 9.54. The Bertz CT molecular complexity index is 772. The lowest BCUT2D eigenvalue weighted by Gasteiger charge is -2.07. The number of methoxy groups -OCH3 is 1. The van der Waals surface area contributed by atoms with Gasteiger partial charge in [-0.2, -0.15) is 10.1 Å². The van der Waals surface area contributed by atoms with Crippen LogP contribution in [0.5, 0.6) is 5.75 Å². The van der Waals surface area contributed by atoms with Crippen molar-refractivity contribution in [1.82, 2.24) is 20.3 Å². The predicted octanol–water partition coefficient (Wildman–Crippen LogP) is 2.53. The molecule has 8 heteroatoms. The molecule has 0 amide bonds. The largest absolute Gasteiger partial charge is 0.497 e. The van der Waals surface area contributed by atoms with Crippen LogP contribution in [0.2, 0.25) is 0 Å². The molecule has 0 saturated heterocycles.